The lowest BCUT2D eigenvalue weighted by Crippen LogP contribution is -2.24. The third-order valence-electron chi connectivity index (χ3n) is 2.88. The molecule has 0 aliphatic carbocycles. The minimum Gasteiger partial charge on any atom is -0.312 e. The van der Waals surface area contributed by atoms with Crippen LogP contribution in [0.25, 0.3) is 0 Å². The molecular formula is C12H13ClINO. The molecule has 0 aromatic heterocycles. The summed E-state index contributed by atoms with van der Waals surface area (Å²) in [6.45, 7) is 2.81. The van der Waals surface area contributed by atoms with Crippen LogP contribution in [0.3, 0.4) is 0 Å². The maximum Gasteiger partial charge on any atom is 0.227 e. The standard InChI is InChI=1S/C12H13ClINO/c1-8-4-10(2-3-11(8)14)15-7-9(6-13)5-12(15)16/h2-4,9H,5-7H2,1H3. The molecule has 0 radical (unpaired) electrons. The molecule has 2 rings (SSSR count). The Morgan fingerprint density at radius 3 is 2.88 bits per heavy atom. The number of hydrogen-bond acceptors (Lipinski definition) is 1. The maximum atomic E-state index is 11.8. The number of carbonyl (C=O) groups excluding carboxylic acids is 1. The number of hydrogen-bond donors (Lipinski definition) is 0. The van der Waals surface area contributed by atoms with Crippen molar-refractivity contribution in [2.45, 2.75) is 13.3 Å². The Kier molecular flexibility index (Phi) is 3.74. The van der Waals surface area contributed by atoms with E-state index in [1.165, 1.54) is 9.13 Å². The van der Waals surface area contributed by atoms with Crippen molar-refractivity contribution < 1.29 is 4.79 Å². The Bertz CT molecular complexity index is 421. The molecule has 1 fully saturated rings. The van der Waals surface area contributed by atoms with Gasteiger partial charge in [-0.05, 0) is 59.2 Å². The minimum absolute atomic E-state index is 0.186. The van der Waals surface area contributed by atoms with Crippen LogP contribution in [0.5, 0.6) is 0 Å². The van der Waals surface area contributed by atoms with Crippen molar-refractivity contribution in [2.75, 3.05) is 17.3 Å². The highest BCUT2D eigenvalue weighted by Crippen LogP contribution is 2.27. The molecule has 0 N–H and O–H groups in total. The average Bonchev–Trinajstić information content (AvgIpc) is 2.64. The summed E-state index contributed by atoms with van der Waals surface area (Å²) in [7, 11) is 0. The summed E-state index contributed by atoms with van der Waals surface area (Å²) >= 11 is 8.10. The molecule has 1 saturated heterocycles. The first-order chi connectivity index (χ1) is 7.61. The second kappa shape index (κ2) is 4.92. The van der Waals surface area contributed by atoms with Crippen LogP contribution in [0.1, 0.15) is 12.0 Å². The van der Waals surface area contributed by atoms with Crippen molar-refractivity contribution >= 4 is 45.8 Å². The molecule has 86 valence electrons. The van der Waals surface area contributed by atoms with E-state index < -0.39 is 0 Å². The Morgan fingerprint density at radius 1 is 1.56 bits per heavy atom. The Hall–Kier alpha value is -0.290. The zero-order valence-corrected chi connectivity index (χ0v) is 12.0. The first-order valence-electron chi connectivity index (χ1n) is 5.24. The molecule has 1 aromatic carbocycles. The molecule has 2 nitrogen and oxygen atoms in total. The summed E-state index contributed by atoms with van der Waals surface area (Å²) in [6.07, 6.45) is 0.578. The molecule has 0 spiro atoms. The predicted molar refractivity (Wildman–Crippen MR) is 75.1 cm³/mol. The molecule has 0 saturated carbocycles. The van der Waals surface area contributed by atoms with Gasteiger partial charge in [0, 0.05) is 28.1 Å². The van der Waals surface area contributed by atoms with Crippen molar-refractivity contribution in [2.24, 2.45) is 5.92 Å². The summed E-state index contributed by atoms with van der Waals surface area (Å²) in [4.78, 5) is 13.6. The van der Waals surface area contributed by atoms with E-state index in [1.54, 1.807) is 0 Å². The summed E-state index contributed by atoms with van der Waals surface area (Å²) in [5.41, 5.74) is 2.20. The third-order valence-corrected chi connectivity index (χ3v) is 4.52. The fraction of sp³-hybridized carbons (Fsp3) is 0.417. The zero-order chi connectivity index (χ0) is 11.7. The van der Waals surface area contributed by atoms with Crippen LogP contribution >= 0.6 is 34.2 Å². The number of benzene rings is 1. The Labute approximate surface area is 114 Å². The van der Waals surface area contributed by atoms with Gasteiger partial charge in [0.05, 0.1) is 0 Å². The van der Waals surface area contributed by atoms with Crippen molar-refractivity contribution in [1.82, 2.24) is 0 Å². The zero-order valence-electron chi connectivity index (χ0n) is 9.04. The van der Waals surface area contributed by atoms with Gasteiger partial charge < -0.3 is 4.90 Å². The van der Waals surface area contributed by atoms with E-state index in [0.29, 0.717) is 18.2 Å². The first kappa shape index (κ1) is 12.2. The Balaban J connectivity index is 2.24. The highest BCUT2D eigenvalue weighted by Gasteiger charge is 2.29. The molecule has 1 amide bonds. The van der Waals surface area contributed by atoms with Gasteiger partial charge in [0.25, 0.3) is 0 Å². The van der Waals surface area contributed by atoms with Gasteiger partial charge in [-0.25, -0.2) is 0 Å². The monoisotopic (exact) mass is 349 g/mol. The van der Waals surface area contributed by atoms with Gasteiger partial charge in [-0.3, -0.25) is 4.79 Å². The van der Waals surface area contributed by atoms with Crippen LogP contribution in [0.4, 0.5) is 5.69 Å². The number of nitrogens with zero attached hydrogens (tertiary/aromatic N) is 1. The molecule has 1 heterocycles. The van der Waals surface area contributed by atoms with E-state index in [0.717, 1.165) is 12.2 Å². The number of rotatable bonds is 2. The van der Waals surface area contributed by atoms with Gasteiger partial charge in [0.1, 0.15) is 0 Å². The van der Waals surface area contributed by atoms with E-state index in [2.05, 4.69) is 35.6 Å². The summed E-state index contributed by atoms with van der Waals surface area (Å²) in [5.74, 6) is 1.05. The lowest BCUT2D eigenvalue weighted by Gasteiger charge is -2.17. The van der Waals surface area contributed by atoms with E-state index in [-0.39, 0.29) is 5.91 Å². The molecule has 1 aliphatic heterocycles. The number of aryl methyl sites for hydroxylation is 1. The minimum atomic E-state index is 0.186. The van der Waals surface area contributed by atoms with Crippen LogP contribution in [0.2, 0.25) is 0 Å². The van der Waals surface area contributed by atoms with E-state index in [9.17, 15) is 4.79 Å². The molecule has 1 atom stereocenters. The van der Waals surface area contributed by atoms with Crippen molar-refractivity contribution in [1.29, 1.82) is 0 Å². The predicted octanol–water partition coefficient (Wildman–Crippen LogP) is 3.19. The van der Waals surface area contributed by atoms with Gasteiger partial charge in [0.2, 0.25) is 5.91 Å². The molecule has 1 unspecified atom stereocenters. The normalized spacial score (nSPS) is 20.6. The highest BCUT2D eigenvalue weighted by molar-refractivity contribution is 14.1. The quantitative estimate of drug-likeness (QED) is 0.593. The molecular weight excluding hydrogens is 336 g/mol. The van der Waals surface area contributed by atoms with E-state index in [1.807, 2.05) is 17.0 Å². The topological polar surface area (TPSA) is 20.3 Å². The van der Waals surface area contributed by atoms with Crippen molar-refractivity contribution in [3.8, 4) is 0 Å². The van der Waals surface area contributed by atoms with Crippen LogP contribution in [0, 0.1) is 16.4 Å². The SMILES string of the molecule is Cc1cc(N2CC(CCl)CC2=O)ccc1I. The molecule has 0 bridgehead atoms. The molecule has 4 heteroatoms. The first-order valence-corrected chi connectivity index (χ1v) is 6.85. The van der Waals surface area contributed by atoms with Gasteiger partial charge >= 0.3 is 0 Å². The fourth-order valence-electron chi connectivity index (χ4n) is 1.93. The summed E-state index contributed by atoms with van der Waals surface area (Å²) in [5, 5.41) is 0. The Morgan fingerprint density at radius 2 is 2.31 bits per heavy atom. The number of alkyl halides is 1. The highest BCUT2D eigenvalue weighted by atomic mass is 127. The molecule has 1 aromatic rings. The van der Waals surface area contributed by atoms with E-state index in [4.69, 9.17) is 11.6 Å². The van der Waals surface area contributed by atoms with Gasteiger partial charge in [-0.2, -0.15) is 0 Å². The van der Waals surface area contributed by atoms with Gasteiger partial charge in [-0.15, -0.1) is 11.6 Å². The second-order valence-corrected chi connectivity index (χ2v) is 5.63. The number of anilines is 1. The average molecular weight is 350 g/mol. The number of halogens is 2. The lowest BCUT2D eigenvalue weighted by atomic mass is 10.1. The van der Waals surface area contributed by atoms with Crippen molar-refractivity contribution in [3.05, 3.63) is 27.3 Å². The van der Waals surface area contributed by atoms with Crippen LogP contribution in [-0.4, -0.2) is 18.3 Å². The van der Waals surface area contributed by atoms with E-state index >= 15 is 0 Å². The van der Waals surface area contributed by atoms with Crippen LogP contribution in [-0.2, 0) is 4.79 Å². The third kappa shape index (κ3) is 2.35. The molecule has 16 heavy (non-hydrogen) atoms. The second-order valence-electron chi connectivity index (χ2n) is 4.16. The van der Waals surface area contributed by atoms with Crippen LogP contribution < -0.4 is 4.90 Å². The lowest BCUT2D eigenvalue weighted by molar-refractivity contribution is -0.117. The van der Waals surface area contributed by atoms with Crippen LogP contribution in [0.15, 0.2) is 18.2 Å². The van der Waals surface area contributed by atoms with Gasteiger partial charge in [-0.1, -0.05) is 0 Å². The molecule has 1 aliphatic rings. The summed E-state index contributed by atoms with van der Waals surface area (Å²) in [6, 6.07) is 6.12. The fourth-order valence-corrected chi connectivity index (χ4v) is 2.47. The number of amides is 1. The largest absolute Gasteiger partial charge is 0.312 e. The smallest absolute Gasteiger partial charge is 0.227 e. The summed E-state index contributed by atoms with van der Waals surface area (Å²) < 4.78 is 1.22. The van der Waals surface area contributed by atoms with Gasteiger partial charge in [0.15, 0.2) is 0 Å². The van der Waals surface area contributed by atoms with Crippen molar-refractivity contribution in [3.63, 3.8) is 0 Å². The number of carbonyl (C=O) groups is 1. The maximum absolute atomic E-state index is 11.8.